The zero-order valence-corrected chi connectivity index (χ0v) is 6.14. The Morgan fingerprint density at radius 3 is 2.67 bits per heavy atom. The zero-order valence-electron chi connectivity index (χ0n) is 7.14. The molecule has 4 heteroatoms. The smallest absolute Gasteiger partial charge is 0.292 e. The minimum atomic E-state index is -0.464. The van der Waals surface area contributed by atoms with Gasteiger partial charge in [-0.05, 0) is 23.8 Å². The number of nitro groups is 1. The average molecular weight is 167 g/mol. The van der Waals surface area contributed by atoms with E-state index in [-0.39, 0.29) is 5.69 Å². The fourth-order valence-electron chi connectivity index (χ4n) is 0.786. The molecule has 62 valence electrons. The van der Waals surface area contributed by atoms with Gasteiger partial charge in [-0.25, -0.2) is 0 Å². The number of hydrogen-bond donors (Lipinski definition) is 1. The first-order chi connectivity index (χ1) is 6.24. The van der Waals surface area contributed by atoms with Crippen LogP contribution in [0.15, 0.2) is 30.5 Å². The first kappa shape index (κ1) is 6.84. The maximum absolute atomic E-state index is 10.3. The maximum Gasteiger partial charge on any atom is 0.292 e. The standard InChI is InChI=1S/C8H7NO3/c10-6-5-7-1-3-8(4-2-7)9(11)12/h1-6,10H/i/hT. The molecule has 0 aliphatic rings. The lowest BCUT2D eigenvalue weighted by molar-refractivity contribution is -0.384. The van der Waals surface area contributed by atoms with E-state index in [1.807, 2.05) is 0 Å². The van der Waals surface area contributed by atoms with Gasteiger partial charge in [0.05, 0.1) is 11.2 Å². The van der Waals surface area contributed by atoms with Crippen molar-refractivity contribution >= 4 is 11.8 Å². The number of benzene rings is 1. The fourth-order valence-corrected chi connectivity index (χ4v) is 0.786. The van der Waals surface area contributed by atoms with E-state index < -0.39 is 4.92 Å². The molecule has 0 radical (unpaired) electrons. The Bertz CT molecular complexity index is 321. The van der Waals surface area contributed by atoms with Crippen LogP contribution in [0.4, 0.5) is 5.69 Å². The van der Waals surface area contributed by atoms with Crippen LogP contribution >= 0.6 is 0 Å². The largest absolute Gasteiger partial charge is 0.516 e. The van der Waals surface area contributed by atoms with Gasteiger partial charge in [-0.1, -0.05) is 0 Å². The summed E-state index contributed by atoms with van der Waals surface area (Å²) in [5.41, 5.74) is 0.793. The van der Waals surface area contributed by atoms with Crippen LogP contribution in [0, 0.1) is 10.1 Å². The van der Waals surface area contributed by atoms with Crippen LogP contribution in [0.3, 0.4) is 0 Å². The molecule has 1 aromatic carbocycles. The molecule has 1 rings (SSSR count). The van der Waals surface area contributed by atoms with Gasteiger partial charge in [0.2, 0.25) is 0 Å². The summed E-state index contributed by atoms with van der Waals surface area (Å²) < 4.78 is 6.37. The van der Waals surface area contributed by atoms with Gasteiger partial charge in [-0.3, -0.25) is 10.1 Å². The monoisotopic (exact) mass is 167 g/mol. The van der Waals surface area contributed by atoms with Crippen molar-refractivity contribution in [3.63, 3.8) is 0 Å². The van der Waals surface area contributed by atoms with Gasteiger partial charge in [0.25, 0.3) is 7.12 Å². The fraction of sp³-hybridized carbons (Fsp3) is 0. The summed E-state index contributed by atoms with van der Waals surface area (Å²) in [7, 11) is 0. The predicted octanol–water partition coefficient (Wildman–Crippen LogP) is 2.12. The molecule has 0 aromatic heterocycles. The molecule has 0 atom stereocenters. The van der Waals surface area contributed by atoms with Crippen LogP contribution in [0.25, 0.3) is 7.51 Å². The van der Waals surface area contributed by atoms with Gasteiger partial charge in [-0.15, -0.1) is 0 Å². The molecule has 0 aliphatic carbocycles. The van der Waals surface area contributed by atoms with Crippen molar-refractivity contribution in [1.82, 2.24) is 0 Å². The second-order valence-corrected chi connectivity index (χ2v) is 2.15. The third-order valence-corrected chi connectivity index (χ3v) is 1.36. The molecule has 4 nitrogen and oxygen atoms in total. The molecule has 0 spiro atoms. The first-order valence-corrected chi connectivity index (χ1v) is 3.27. The molecule has 0 aliphatic heterocycles. The van der Waals surface area contributed by atoms with E-state index in [4.69, 9.17) is 1.43 Å². The van der Waals surface area contributed by atoms with E-state index in [0.29, 0.717) is 0 Å². The summed E-state index contributed by atoms with van der Waals surface area (Å²) in [5.74, 6) is 0. The molecule has 0 amide bonds. The normalized spacial score (nSPS) is 11.2. The number of aliphatic hydroxyl groups excluding tert-OH is 1. The molecular formula is C8H7NO3. The number of nitro benzene ring substituents is 1. The van der Waals surface area contributed by atoms with Gasteiger partial charge in [0.15, 0.2) is 0 Å². The molecule has 0 unspecified atom stereocenters. The van der Waals surface area contributed by atoms with Crippen molar-refractivity contribution in [2.45, 2.75) is 0 Å². The highest BCUT2D eigenvalue weighted by Gasteiger charge is 2.01. The Morgan fingerprint density at radius 2 is 2.17 bits per heavy atom. The summed E-state index contributed by atoms with van der Waals surface area (Å²) in [4.78, 5) is 9.80. The second kappa shape index (κ2) is 3.52. The van der Waals surface area contributed by atoms with Crippen molar-refractivity contribution < 1.29 is 10.0 Å². The van der Waals surface area contributed by atoms with Crippen LogP contribution in [-0.4, -0.2) is 10.0 Å². The number of rotatable bonds is 3. The molecule has 0 bridgehead atoms. The Hall–Kier alpha value is -1.84. The summed E-state index contributed by atoms with van der Waals surface area (Å²) in [5, 5.41) is 14.2. The first-order valence-electron chi connectivity index (χ1n) is 3.68. The van der Waals surface area contributed by atoms with E-state index in [2.05, 4.69) is 5.11 Å². The maximum atomic E-state index is 10.3. The van der Waals surface area contributed by atoms with Crippen molar-refractivity contribution in [3.05, 3.63) is 46.2 Å². The number of non-ortho nitro benzene ring substituents is 1. The van der Waals surface area contributed by atoms with Crippen LogP contribution < -0.4 is 0 Å². The zero-order chi connectivity index (χ0) is 9.68. The molecular weight excluding hydrogens is 158 g/mol. The van der Waals surface area contributed by atoms with Crippen LogP contribution in [0.2, 0.25) is 0 Å². The van der Waals surface area contributed by atoms with Crippen LogP contribution in [-0.2, 0) is 0 Å². The minimum absolute atomic E-state index is 0.0453. The lowest BCUT2D eigenvalue weighted by atomic mass is 10.2. The number of aliphatic hydroxyl groups is 1. The topological polar surface area (TPSA) is 63.4 Å². The Morgan fingerprint density at radius 1 is 1.50 bits per heavy atom. The van der Waals surface area contributed by atoms with Crippen LogP contribution in [0.5, 0.6) is 0 Å². The van der Waals surface area contributed by atoms with E-state index in [9.17, 15) is 10.1 Å². The van der Waals surface area contributed by atoms with Gasteiger partial charge < -0.3 is 5.11 Å². The van der Waals surface area contributed by atoms with Crippen LogP contribution in [0.1, 0.15) is 5.56 Å². The van der Waals surface area contributed by atoms with Gasteiger partial charge in [-0.2, -0.15) is 0 Å². The summed E-state index contributed by atoms with van der Waals surface area (Å²) >= 11 is 0. The Balaban J connectivity index is 2.81. The second-order valence-electron chi connectivity index (χ2n) is 2.15. The Kier molecular flexibility index (Phi) is 2.01. The molecule has 0 saturated heterocycles. The lowest BCUT2D eigenvalue weighted by Crippen LogP contribution is -1.86. The third-order valence-electron chi connectivity index (χ3n) is 1.36. The number of nitrogens with zero attached hydrogens (tertiary/aromatic N) is 1. The van der Waals surface area contributed by atoms with Crippen molar-refractivity contribution in [2.24, 2.45) is 0 Å². The van der Waals surface area contributed by atoms with Crippen molar-refractivity contribution in [3.8, 4) is 0 Å². The third kappa shape index (κ3) is 1.82. The van der Waals surface area contributed by atoms with E-state index in [0.717, 1.165) is 5.56 Å². The van der Waals surface area contributed by atoms with Gasteiger partial charge in [0.1, 0.15) is 0 Å². The highest BCUT2D eigenvalue weighted by molar-refractivity contribution is 5.50. The summed E-state index contributed by atoms with van der Waals surface area (Å²) in [6.07, 6.45) is 2.72. The van der Waals surface area contributed by atoms with E-state index in [1.54, 1.807) is 12.1 Å². The highest BCUT2D eigenvalue weighted by Crippen LogP contribution is 2.12. The molecule has 0 saturated carbocycles. The Labute approximate surface area is 70.4 Å². The summed E-state index contributed by atoms with van der Waals surface area (Å²) in [6, 6.07) is 5.94. The average Bonchev–Trinajstić information content (AvgIpc) is 2.15. The SMILES string of the molecule is [3H]OC=Cc1ccc([N+](=O)[O-])cc1. The molecule has 1 aromatic rings. The molecule has 0 heterocycles. The number of hydrogen-bond acceptors (Lipinski definition) is 3. The van der Waals surface area contributed by atoms with E-state index >= 15 is 0 Å². The lowest BCUT2D eigenvalue weighted by Gasteiger charge is -1.91. The minimum Gasteiger partial charge on any atom is -0.516 e. The molecule has 1 N–H and O–H groups in total. The van der Waals surface area contributed by atoms with E-state index in [1.165, 1.54) is 24.5 Å². The van der Waals surface area contributed by atoms with Gasteiger partial charge in [0, 0.05) is 12.1 Å². The summed E-state index contributed by atoms with van der Waals surface area (Å²) in [6.45, 7) is 0. The highest BCUT2D eigenvalue weighted by atomic mass is 16.6. The van der Waals surface area contributed by atoms with Crippen molar-refractivity contribution in [2.75, 3.05) is 0 Å². The van der Waals surface area contributed by atoms with Crippen molar-refractivity contribution in [1.29, 1.82) is 1.43 Å². The van der Waals surface area contributed by atoms with Gasteiger partial charge >= 0.3 is 0 Å². The molecule has 0 fully saturated rings. The predicted molar refractivity (Wildman–Crippen MR) is 44.8 cm³/mol. The quantitative estimate of drug-likeness (QED) is 0.426. The molecule has 12 heavy (non-hydrogen) atoms.